The summed E-state index contributed by atoms with van der Waals surface area (Å²) < 4.78 is 6.90. The maximum absolute atomic E-state index is 12.3. The molecule has 1 amide bonds. The molecule has 0 saturated carbocycles. The van der Waals surface area contributed by atoms with Crippen molar-refractivity contribution < 1.29 is 19.4 Å². The van der Waals surface area contributed by atoms with Crippen LogP contribution in [-0.2, 0) is 22.5 Å². The van der Waals surface area contributed by atoms with Crippen LogP contribution in [0, 0.1) is 0 Å². The van der Waals surface area contributed by atoms with Gasteiger partial charge in [0.05, 0.1) is 18.8 Å². The summed E-state index contributed by atoms with van der Waals surface area (Å²) in [5.74, 6) is -0.903. The number of ether oxygens (including phenoxy) is 1. The lowest BCUT2D eigenvalue weighted by atomic mass is 10.0. The van der Waals surface area contributed by atoms with Gasteiger partial charge in [0.25, 0.3) is 0 Å². The molecule has 1 N–H and O–H groups in total. The number of carbonyl (C=O) groups is 2. The van der Waals surface area contributed by atoms with E-state index >= 15 is 0 Å². The van der Waals surface area contributed by atoms with E-state index in [1.165, 1.54) is 0 Å². The number of unbranched alkanes of at least 4 members (excludes halogenated alkanes) is 1. The van der Waals surface area contributed by atoms with Gasteiger partial charge in [-0.3, -0.25) is 14.4 Å². The average molecular weight is 307 g/mol. The molecule has 7 nitrogen and oxygen atoms in total. The molecule has 7 heteroatoms. The van der Waals surface area contributed by atoms with E-state index in [2.05, 4.69) is 12.0 Å². The molecule has 3 heterocycles. The fraction of sp³-hybridized carbons (Fsp3) is 0.667. The molecule has 1 aromatic heterocycles. The number of aromatic nitrogens is 2. The Balaban J connectivity index is 1.77. The van der Waals surface area contributed by atoms with Crippen molar-refractivity contribution in [2.45, 2.75) is 57.7 Å². The van der Waals surface area contributed by atoms with Gasteiger partial charge in [0.1, 0.15) is 6.54 Å². The van der Waals surface area contributed by atoms with Gasteiger partial charge in [-0.2, -0.15) is 5.10 Å². The molecule has 0 aliphatic carbocycles. The third kappa shape index (κ3) is 2.55. The lowest BCUT2D eigenvalue weighted by molar-refractivity contribution is -0.137. The van der Waals surface area contributed by atoms with Crippen LogP contribution in [0.4, 0.5) is 4.79 Å². The molecule has 2 atom stereocenters. The van der Waals surface area contributed by atoms with E-state index in [1.54, 1.807) is 10.9 Å². The van der Waals surface area contributed by atoms with Crippen molar-refractivity contribution in [3.8, 4) is 0 Å². The van der Waals surface area contributed by atoms with Crippen molar-refractivity contribution >= 4 is 12.1 Å². The van der Waals surface area contributed by atoms with E-state index in [-0.39, 0.29) is 24.7 Å². The van der Waals surface area contributed by atoms with E-state index in [4.69, 9.17) is 9.84 Å². The Morgan fingerprint density at radius 2 is 2.27 bits per heavy atom. The van der Waals surface area contributed by atoms with E-state index in [0.717, 1.165) is 36.9 Å². The van der Waals surface area contributed by atoms with Gasteiger partial charge in [-0.05, 0) is 19.3 Å². The number of aliphatic carboxylic acids is 1. The minimum absolute atomic E-state index is 0.0228. The highest BCUT2D eigenvalue weighted by molar-refractivity contribution is 5.70. The molecule has 1 saturated heterocycles. The summed E-state index contributed by atoms with van der Waals surface area (Å²) in [5.41, 5.74) is 1.93. The van der Waals surface area contributed by atoms with Crippen molar-refractivity contribution in [2.24, 2.45) is 0 Å². The van der Waals surface area contributed by atoms with Crippen molar-refractivity contribution in [1.29, 1.82) is 0 Å². The zero-order valence-electron chi connectivity index (χ0n) is 12.7. The fourth-order valence-corrected chi connectivity index (χ4v) is 3.46. The SMILES string of the molecule is CCCCOC(=O)N1C2CCC1c1cnn(CC(=O)O)c1C2. The van der Waals surface area contributed by atoms with E-state index < -0.39 is 5.97 Å². The Morgan fingerprint density at radius 3 is 3.00 bits per heavy atom. The van der Waals surface area contributed by atoms with Gasteiger partial charge in [0.15, 0.2) is 0 Å². The summed E-state index contributed by atoms with van der Waals surface area (Å²) in [7, 11) is 0. The third-order valence-electron chi connectivity index (χ3n) is 4.49. The quantitative estimate of drug-likeness (QED) is 0.841. The molecular weight excluding hydrogens is 286 g/mol. The Bertz CT molecular complexity index is 583. The Hall–Kier alpha value is -2.05. The van der Waals surface area contributed by atoms with Crippen molar-refractivity contribution in [1.82, 2.24) is 14.7 Å². The molecule has 22 heavy (non-hydrogen) atoms. The monoisotopic (exact) mass is 307 g/mol. The zero-order valence-corrected chi connectivity index (χ0v) is 12.7. The van der Waals surface area contributed by atoms with Crippen LogP contribution in [-0.4, -0.2) is 44.5 Å². The second-order valence-electron chi connectivity index (χ2n) is 5.92. The lowest BCUT2D eigenvalue weighted by Crippen LogP contribution is -2.42. The maximum atomic E-state index is 12.3. The topological polar surface area (TPSA) is 84.7 Å². The summed E-state index contributed by atoms with van der Waals surface area (Å²) in [4.78, 5) is 25.0. The van der Waals surface area contributed by atoms with Crippen LogP contribution >= 0.6 is 0 Å². The van der Waals surface area contributed by atoms with Crippen LogP contribution in [0.15, 0.2) is 6.20 Å². The normalized spacial score (nSPS) is 22.5. The minimum atomic E-state index is -0.903. The number of carboxylic acid groups (broad SMARTS) is 1. The number of carboxylic acids is 1. The largest absolute Gasteiger partial charge is 0.480 e. The molecule has 0 spiro atoms. The number of carbonyl (C=O) groups excluding carboxylic acids is 1. The smallest absolute Gasteiger partial charge is 0.410 e. The number of nitrogens with zero attached hydrogens (tertiary/aromatic N) is 3. The molecule has 2 unspecified atom stereocenters. The zero-order chi connectivity index (χ0) is 15.7. The first kappa shape index (κ1) is 14.9. The Kier molecular flexibility index (Phi) is 4.04. The first-order chi connectivity index (χ1) is 10.6. The van der Waals surface area contributed by atoms with Crippen LogP contribution in [0.3, 0.4) is 0 Å². The van der Waals surface area contributed by atoms with Crippen molar-refractivity contribution in [3.63, 3.8) is 0 Å². The van der Waals surface area contributed by atoms with Crippen LogP contribution in [0.2, 0.25) is 0 Å². The molecule has 2 aliphatic rings. The summed E-state index contributed by atoms with van der Waals surface area (Å²) in [6, 6.07) is 0.0706. The average Bonchev–Trinajstić information content (AvgIpc) is 3.01. The van der Waals surface area contributed by atoms with E-state index in [9.17, 15) is 9.59 Å². The molecule has 1 aromatic rings. The van der Waals surface area contributed by atoms with Gasteiger partial charge < -0.3 is 9.84 Å². The van der Waals surface area contributed by atoms with Gasteiger partial charge in [-0.15, -0.1) is 0 Å². The predicted octanol–water partition coefficient (Wildman–Crippen LogP) is 1.97. The number of hydrogen-bond acceptors (Lipinski definition) is 4. The summed E-state index contributed by atoms with van der Waals surface area (Å²) in [5, 5.41) is 13.1. The number of fused-ring (bicyclic) bond motifs is 4. The summed E-state index contributed by atoms with van der Waals surface area (Å²) in [6.07, 6.45) is 5.79. The Morgan fingerprint density at radius 1 is 1.45 bits per heavy atom. The van der Waals surface area contributed by atoms with Gasteiger partial charge in [0, 0.05) is 23.7 Å². The molecule has 3 rings (SSSR count). The van der Waals surface area contributed by atoms with Gasteiger partial charge in [0.2, 0.25) is 0 Å². The maximum Gasteiger partial charge on any atom is 0.410 e. The van der Waals surface area contributed by atoms with Crippen LogP contribution in [0.5, 0.6) is 0 Å². The first-order valence-electron chi connectivity index (χ1n) is 7.83. The lowest BCUT2D eigenvalue weighted by Gasteiger charge is -2.34. The van der Waals surface area contributed by atoms with Crippen LogP contribution in [0.25, 0.3) is 0 Å². The highest BCUT2D eigenvalue weighted by Crippen LogP contribution is 2.43. The molecule has 1 fully saturated rings. The predicted molar refractivity (Wildman–Crippen MR) is 77.4 cm³/mol. The molecule has 2 bridgehead atoms. The van der Waals surface area contributed by atoms with Crippen molar-refractivity contribution in [2.75, 3.05) is 6.61 Å². The van der Waals surface area contributed by atoms with Crippen LogP contribution in [0.1, 0.15) is 49.9 Å². The second-order valence-corrected chi connectivity index (χ2v) is 5.92. The highest BCUT2D eigenvalue weighted by atomic mass is 16.6. The van der Waals surface area contributed by atoms with E-state index in [1.807, 2.05) is 4.90 Å². The molecule has 120 valence electrons. The number of rotatable bonds is 5. The van der Waals surface area contributed by atoms with Gasteiger partial charge in [-0.25, -0.2) is 4.79 Å². The first-order valence-corrected chi connectivity index (χ1v) is 7.83. The Labute approximate surface area is 128 Å². The number of amides is 1. The fourth-order valence-electron chi connectivity index (χ4n) is 3.46. The van der Waals surface area contributed by atoms with E-state index in [0.29, 0.717) is 13.0 Å². The number of hydrogen-bond donors (Lipinski definition) is 1. The molecular formula is C15H21N3O4. The minimum Gasteiger partial charge on any atom is -0.480 e. The standard InChI is InChI=1S/C15H21N3O4/c1-2-3-6-22-15(21)18-10-4-5-12(18)11-8-16-17(9-14(19)20)13(11)7-10/h8,10,12H,2-7,9H2,1H3,(H,19,20). The third-order valence-corrected chi connectivity index (χ3v) is 4.49. The van der Waals surface area contributed by atoms with Crippen molar-refractivity contribution in [3.05, 3.63) is 17.5 Å². The van der Waals surface area contributed by atoms with Gasteiger partial charge >= 0.3 is 12.1 Å². The summed E-state index contributed by atoms with van der Waals surface area (Å²) >= 11 is 0. The molecule has 2 aliphatic heterocycles. The van der Waals surface area contributed by atoms with Crippen LogP contribution < -0.4 is 0 Å². The molecule has 0 radical (unpaired) electrons. The molecule has 0 aromatic carbocycles. The van der Waals surface area contributed by atoms with Gasteiger partial charge in [-0.1, -0.05) is 13.3 Å². The summed E-state index contributed by atoms with van der Waals surface area (Å²) in [6.45, 7) is 2.38. The second kappa shape index (κ2) is 5.98. The highest BCUT2D eigenvalue weighted by Gasteiger charge is 2.45.